The van der Waals surface area contributed by atoms with Gasteiger partial charge in [0.25, 0.3) is 0 Å². The molecule has 1 saturated carbocycles. The van der Waals surface area contributed by atoms with Crippen LogP contribution in [0.15, 0.2) is 36.9 Å². The first kappa shape index (κ1) is 22.1. The zero-order chi connectivity index (χ0) is 21.3. The Hall–Kier alpha value is -2.61. The smallest absolute Gasteiger partial charge is 0.159 e. The average Bonchev–Trinajstić information content (AvgIpc) is 2.75. The second-order valence-corrected chi connectivity index (χ2v) is 7.89. The summed E-state index contributed by atoms with van der Waals surface area (Å²) in [6.07, 6.45) is 13.2. The summed E-state index contributed by atoms with van der Waals surface area (Å²) in [5.41, 5.74) is 1.10. The monoisotopic (exact) mass is 412 g/mol. The van der Waals surface area contributed by atoms with E-state index >= 15 is 0 Å². The topological polar surface area (TPSA) is 25.8 Å². The molecule has 2 aromatic rings. The Balaban J connectivity index is 1.69. The number of unbranched alkanes of at least 4 members (excludes halogenated alkanes) is 2. The summed E-state index contributed by atoms with van der Waals surface area (Å²) in [4.78, 5) is 8.54. The van der Waals surface area contributed by atoms with Gasteiger partial charge in [0.05, 0.1) is 11.9 Å². The molecule has 0 aliphatic heterocycles. The minimum absolute atomic E-state index is 0.0799. The number of aromatic nitrogens is 2. The SMILES string of the molecule is CCCCCc1cnc(-c2cc(F)c(C#CC3CCC(/C=C/F)CC3)c(F)c2)nc1. The van der Waals surface area contributed by atoms with E-state index in [0.29, 0.717) is 17.7 Å². The van der Waals surface area contributed by atoms with Crippen molar-refractivity contribution in [2.24, 2.45) is 11.8 Å². The van der Waals surface area contributed by atoms with Crippen molar-refractivity contribution in [3.05, 3.63) is 59.7 Å². The third-order valence-corrected chi connectivity index (χ3v) is 5.59. The fourth-order valence-corrected chi connectivity index (χ4v) is 3.77. The van der Waals surface area contributed by atoms with E-state index in [1.807, 2.05) is 0 Å². The van der Waals surface area contributed by atoms with E-state index in [9.17, 15) is 13.2 Å². The van der Waals surface area contributed by atoms with Gasteiger partial charge in [0.15, 0.2) is 5.82 Å². The van der Waals surface area contributed by atoms with Crippen molar-refractivity contribution in [3.8, 4) is 23.2 Å². The molecule has 2 nitrogen and oxygen atoms in total. The van der Waals surface area contributed by atoms with Crippen LogP contribution in [-0.4, -0.2) is 9.97 Å². The number of halogens is 3. The van der Waals surface area contributed by atoms with Crippen LogP contribution in [0.1, 0.15) is 63.0 Å². The molecule has 0 saturated heterocycles. The first-order valence-corrected chi connectivity index (χ1v) is 10.7. The molecule has 1 fully saturated rings. The average molecular weight is 412 g/mol. The lowest BCUT2D eigenvalue weighted by Crippen LogP contribution is -2.11. The van der Waals surface area contributed by atoms with Gasteiger partial charge >= 0.3 is 0 Å². The van der Waals surface area contributed by atoms with Crippen LogP contribution >= 0.6 is 0 Å². The highest BCUT2D eigenvalue weighted by Crippen LogP contribution is 2.29. The fourth-order valence-electron chi connectivity index (χ4n) is 3.77. The zero-order valence-corrected chi connectivity index (χ0v) is 17.3. The molecule has 30 heavy (non-hydrogen) atoms. The molecule has 0 spiro atoms. The number of benzene rings is 1. The van der Waals surface area contributed by atoms with Gasteiger partial charge in [0.2, 0.25) is 0 Å². The Morgan fingerprint density at radius 2 is 1.70 bits per heavy atom. The van der Waals surface area contributed by atoms with Crippen LogP contribution in [-0.2, 0) is 6.42 Å². The first-order chi connectivity index (χ1) is 14.6. The van der Waals surface area contributed by atoms with E-state index in [4.69, 9.17) is 0 Å². The lowest BCUT2D eigenvalue weighted by atomic mass is 9.82. The third kappa shape index (κ3) is 5.95. The maximum atomic E-state index is 14.5. The molecule has 0 radical (unpaired) electrons. The van der Waals surface area contributed by atoms with Crippen molar-refractivity contribution >= 4 is 0 Å². The van der Waals surface area contributed by atoms with Gasteiger partial charge in [-0.2, -0.15) is 0 Å². The maximum absolute atomic E-state index is 14.5. The zero-order valence-electron chi connectivity index (χ0n) is 17.3. The molecule has 0 bridgehead atoms. The maximum Gasteiger partial charge on any atom is 0.159 e. The highest BCUT2D eigenvalue weighted by atomic mass is 19.1. The van der Waals surface area contributed by atoms with Crippen molar-refractivity contribution in [2.45, 2.75) is 58.3 Å². The van der Waals surface area contributed by atoms with E-state index in [0.717, 1.165) is 56.9 Å². The molecular formula is C25H27F3N2. The van der Waals surface area contributed by atoms with E-state index in [1.165, 1.54) is 12.1 Å². The minimum atomic E-state index is -0.706. The second kappa shape index (κ2) is 11.0. The van der Waals surface area contributed by atoms with Crippen molar-refractivity contribution in [3.63, 3.8) is 0 Å². The molecular weight excluding hydrogens is 385 g/mol. The summed E-state index contributed by atoms with van der Waals surface area (Å²) in [7, 11) is 0. The number of hydrogen-bond acceptors (Lipinski definition) is 2. The van der Waals surface area contributed by atoms with Crippen molar-refractivity contribution < 1.29 is 13.2 Å². The molecule has 1 aromatic carbocycles. The molecule has 158 valence electrons. The highest BCUT2D eigenvalue weighted by Gasteiger charge is 2.18. The Labute approximate surface area is 176 Å². The largest absolute Gasteiger partial charge is 0.236 e. The van der Waals surface area contributed by atoms with Crippen LogP contribution in [0.25, 0.3) is 11.4 Å². The lowest BCUT2D eigenvalue weighted by molar-refractivity contribution is 0.362. The molecule has 1 aromatic heterocycles. The molecule has 0 unspecified atom stereocenters. The summed E-state index contributed by atoms with van der Waals surface area (Å²) in [6.45, 7) is 2.15. The van der Waals surface area contributed by atoms with E-state index in [-0.39, 0.29) is 17.4 Å². The predicted molar refractivity (Wildman–Crippen MR) is 113 cm³/mol. The fraction of sp³-hybridized carbons (Fsp3) is 0.440. The van der Waals surface area contributed by atoms with Crippen molar-refractivity contribution in [2.75, 3.05) is 0 Å². The van der Waals surface area contributed by atoms with Crippen LogP contribution in [0.4, 0.5) is 13.2 Å². The second-order valence-electron chi connectivity index (χ2n) is 7.89. The van der Waals surface area contributed by atoms with Crippen LogP contribution < -0.4 is 0 Å². The molecule has 5 heteroatoms. The summed E-state index contributed by atoms with van der Waals surface area (Å²) >= 11 is 0. The Morgan fingerprint density at radius 1 is 1.03 bits per heavy atom. The van der Waals surface area contributed by atoms with Gasteiger partial charge in [-0.05, 0) is 62.1 Å². The summed E-state index contributed by atoms with van der Waals surface area (Å²) in [5.74, 6) is 4.87. The van der Waals surface area contributed by atoms with Gasteiger partial charge in [0.1, 0.15) is 11.6 Å². The number of hydrogen-bond donors (Lipinski definition) is 0. The molecule has 0 N–H and O–H groups in total. The highest BCUT2D eigenvalue weighted by molar-refractivity contribution is 5.57. The van der Waals surface area contributed by atoms with Gasteiger partial charge < -0.3 is 0 Å². The van der Waals surface area contributed by atoms with Crippen LogP contribution in [0.5, 0.6) is 0 Å². The summed E-state index contributed by atoms with van der Waals surface area (Å²) in [6, 6.07) is 2.48. The lowest BCUT2D eigenvalue weighted by Gasteiger charge is -2.22. The third-order valence-electron chi connectivity index (χ3n) is 5.59. The molecule has 1 aliphatic carbocycles. The van der Waals surface area contributed by atoms with Crippen LogP contribution in [0, 0.1) is 35.3 Å². The molecule has 0 amide bonds. The normalized spacial score (nSPS) is 18.9. The van der Waals surface area contributed by atoms with E-state index in [2.05, 4.69) is 28.7 Å². The van der Waals surface area contributed by atoms with Gasteiger partial charge in [-0.25, -0.2) is 23.1 Å². The standard InChI is InChI=1S/C25H27F3N2/c1-2-3-4-5-20-16-29-25(30-17-20)21-14-23(27)22(24(28)15-21)11-10-18-6-8-19(9-7-18)12-13-26/h12-19H,2-9H2,1H3/b13-12+. The number of rotatable bonds is 6. The van der Waals surface area contributed by atoms with Crippen molar-refractivity contribution in [1.82, 2.24) is 9.97 Å². The number of allylic oxidation sites excluding steroid dienone is 1. The first-order valence-electron chi connectivity index (χ1n) is 10.7. The minimum Gasteiger partial charge on any atom is -0.236 e. The molecule has 1 aliphatic rings. The molecule has 1 heterocycles. The van der Waals surface area contributed by atoms with Crippen LogP contribution in [0.3, 0.4) is 0 Å². The summed E-state index contributed by atoms with van der Waals surface area (Å²) < 4.78 is 41.4. The van der Waals surface area contributed by atoms with E-state index < -0.39 is 11.6 Å². The molecule has 3 rings (SSSR count). The number of aryl methyl sites for hydroxylation is 1. The Morgan fingerprint density at radius 3 is 2.30 bits per heavy atom. The Kier molecular flexibility index (Phi) is 8.07. The van der Waals surface area contributed by atoms with Gasteiger partial charge in [-0.3, -0.25) is 0 Å². The molecule has 0 atom stereocenters. The predicted octanol–water partition coefficient (Wildman–Crippen LogP) is 6.80. The van der Waals surface area contributed by atoms with Crippen molar-refractivity contribution in [1.29, 1.82) is 0 Å². The van der Waals surface area contributed by atoms with Gasteiger partial charge in [-0.15, -0.1) is 0 Å². The van der Waals surface area contributed by atoms with Gasteiger partial charge in [-0.1, -0.05) is 37.7 Å². The van der Waals surface area contributed by atoms with Gasteiger partial charge in [0, 0.05) is 23.9 Å². The van der Waals surface area contributed by atoms with Crippen LogP contribution in [0.2, 0.25) is 0 Å². The summed E-state index contributed by atoms with van der Waals surface area (Å²) in [5, 5.41) is 0. The number of nitrogens with zero attached hydrogens (tertiary/aromatic N) is 2. The quantitative estimate of drug-likeness (QED) is 0.385. The van der Waals surface area contributed by atoms with E-state index in [1.54, 1.807) is 18.5 Å². The Bertz CT molecular complexity index is 895.